The maximum absolute atomic E-state index is 12.7. The van der Waals surface area contributed by atoms with Gasteiger partial charge in [-0.15, -0.1) is 11.3 Å². The quantitative estimate of drug-likeness (QED) is 0.772. The number of carbonyl (C=O) groups excluding carboxylic acids is 1. The Morgan fingerprint density at radius 3 is 2.65 bits per heavy atom. The number of nitrogens with one attached hydrogen (secondary N) is 2. The molecule has 0 unspecified atom stereocenters. The van der Waals surface area contributed by atoms with Gasteiger partial charge in [0.1, 0.15) is 5.69 Å². The Labute approximate surface area is 153 Å². The predicted octanol–water partition coefficient (Wildman–Crippen LogP) is 3.55. The molecule has 2 N–H and O–H groups in total. The second-order valence-electron chi connectivity index (χ2n) is 6.40. The van der Waals surface area contributed by atoms with Gasteiger partial charge in [-0.2, -0.15) is 13.2 Å². The highest BCUT2D eigenvalue weighted by Crippen LogP contribution is 2.34. The van der Waals surface area contributed by atoms with Crippen LogP contribution in [0.25, 0.3) is 11.4 Å². The lowest BCUT2D eigenvalue weighted by atomic mass is 10.00. The number of aryl methyl sites for hydroxylation is 1. The van der Waals surface area contributed by atoms with E-state index in [1.165, 1.54) is 18.3 Å². The van der Waals surface area contributed by atoms with Crippen LogP contribution in [0.2, 0.25) is 0 Å². The van der Waals surface area contributed by atoms with E-state index in [-0.39, 0.29) is 12.2 Å². The van der Waals surface area contributed by atoms with E-state index in [1.807, 2.05) is 5.38 Å². The van der Waals surface area contributed by atoms with Crippen molar-refractivity contribution in [2.75, 3.05) is 31.1 Å². The number of halogens is 3. The molecule has 0 spiro atoms. The van der Waals surface area contributed by atoms with E-state index in [9.17, 15) is 18.0 Å². The third-order valence-electron chi connectivity index (χ3n) is 4.44. The van der Waals surface area contributed by atoms with E-state index in [0.717, 1.165) is 31.3 Å². The highest BCUT2D eigenvalue weighted by molar-refractivity contribution is 7.14. The molecule has 2 aromatic rings. The van der Waals surface area contributed by atoms with Crippen molar-refractivity contribution in [2.45, 2.75) is 32.9 Å². The molecule has 5 nitrogen and oxygen atoms in total. The Hall–Kier alpha value is -1.87. The minimum absolute atomic E-state index is 0.236. The SMILES string of the molecule is CC(=O)c1c(C)[nH]c(-c2csc(N3CCNCC3)n2)c1CCC(F)(F)F. The number of Topliss-reactive ketones (excluding diaryl/α,β-unsaturated/α-hetero) is 1. The van der Waals surface area contributed by atoms with Gasteiger partial charge in [-0.25, -0.2) is 4.98 Å². The molecule has 0 aliphatic carbocycles. The molecular formula is C17H21F3N4OS. The van der Waals surface area contributed by atoms with Crippen LogP contribution in [0.5, 0.6) is 0 Å². The molecule has 0 aromatic carbocycles. The molecule has 0 saturated carbocycles. The Kier molecular flexibility index (Phi) is 5.38. The van der Waals surface area contributed by atoms with Gasteiger partial charge in [0.05, 0.1) is 5.69 Å². The molecule has 1 aliphatic rings. The lowest BCUT2D eigenvalue weighted by molar-refractivity contribution is -0.133. The molecule has 0 amide bonds. The van der Waals surface area contributed by atoms with E-state index in [2.05, 4.69) is 20.2 Å². The summed E-state index contributed by atoms with van der Waals surface area (Å²) in [5, 5.41) is 5.96. The van der Waals surface area contributed by atoms with Gasteiger partial charge in [0.2, 0.25) is 0 Å². The maximum Gasteiger partial charge on any atom is 0.389 e. The van der Waals surface area contributed by atoms with E-state index in [4.69, 9.17) is 0 Å². The Bertz CT molecular complexity index is 791. The zero-order valence-electron chi connectivity index (χ0n) is 14.7. The number of carbonyl (C=O) groups is 1. The van der Waals surface area contributed by atoms with Crippen molar-refractivity contribution in [3.05, 3.63) is 22.2 Å². The molecule has 1 saturated heterocycles. The summed E-state index contributed by atoms with van der Waals surface area (Å²) in [7, 11) is 0. The first-order valence-corrected chi connectivity index (χ1v) is 9.35. The van der Waals surface area contributed by atoms with Crippen molar-refractivity contribution in [3.63, 3.8) is 0 Å². The van der Waals surface area contributed by atoms with Gasteiger partial charge in [0.15, 0.2) is 10.9 Å². The standard InChI is InChI=1S/C17H21F3N4OS/c1-10-14(11(2)25)12(3-4-17(18,19)20)15(22-10)13-9-26-16(23-13)24-7-5-21-6-8-24/h9,21-22H,3-8H2,1-2H3. The maximum atomic E-state index is 12.7. The third kappa shape index (κ3) is 4.09. The lowest BCUT2D eigenvalue weighted by Crippen LogP contribution is -2.43. The number of alkyl halides is 3. The van der Waals surface area contributed by atoms with Crippen LogP contribution in [0.15, 0.2) is 5.38 Å². The van der Waals surface area contributed by atoms with Crippen molar-refractivity contribution in [3.8, 4) is 11.4 Å². The number of anilines is 1. The second-order valence-corrected chi connectivity index (χ2v) is 7.24. The zero-order valence-corrected chi connectivity index (χ0v) is 15.5. The zero-order chi connectivity index (χ0) is 18.9. The smallest absolute Gasteiger partial charge is 0.356 e. The molecular weight excluding hydrogens is 365 g/mol. The fraction of sp³-hybridized carbons (Fsp3) is 0.529. The number of piperazine rings is 1. The van der Waals surface area contributed by atoms with Gasteiger partial charge >= 0.3 is 6.18 Å². The summed E-state index contributed by atoms with van der Waals surface area (Å²) in [6.07, 6.45) is -5.48. The van der Waals surface area contributed by atoms with Gasteiger partial charge in [-0.3, -0.25) is 4.79 Å². The van der Waals surface area contributed by atoms with Crippen LogP contribution < -0.4 is 10.2 Å². The topological polar surface area (TPSA) is 61.0 Å². The van der Waals surface area contributed by atoms with Crippen molar-refractivity contribution in [1.29, 1.82) is 0 Å². The molecule has 0 radical (unpaired) electrons. The minimum Gasteiger partial charge on any atom is -0.356 e. The first-order valence-electron chi connectivity index (χ1n) is 8.47. The summed E-state index contributed by atoms with van der Waals surface area (Å²) in [4.78, 5) is 21.8. The summed E-state index contributed by atoms with van der Waals surface area (Å²) in [6.45, 7) is 6.53. The average molecular weight is 386 g/mol. The van der Waals surface area contributed by atoms with Crippen LogP contribution in [0.3, 0.4) is 0 Å². The molecule has 3 rings (SSSR count). The number of hydrogen-bond acceptors (Lipinski definition) is 5. The average Bonchev–Trinajstić information content (AvgIpc) is 3.17. The Morgan fingerprint density at radius 2 is 2.04 bits per heavy atom. The largest absolute Gasteiger partial charge is 0.389 e. The van der Waals surface area contributed by atoms with Gasteiger partial charge in [-0.1, -0.05) is 0 Å². The monoisotopic (exact) mass is 386 g/mol. The van der Waals surface area contributed by atoms with Gasteiger partial charge < -0.3 is 15.2 Å². The van der Waals surface area contributed by atoms with Crippen molar-refractivity contribution < 1.29 is 18.0 Å². The van der Waals surface area contributed by atoms with E-state index >= 15 is 0 Å². The molecule has 26 heavy (non-hydrogen) atoms. The summed E-state index contributed by atoms with van der Waals surface area (Å²) >= 11 is 1.47. The van der Waals surface area contributed by atoms with Gasteiger partial charge in [0.25, 0.3) is 0 Å². The fourth-order valence-corrected chi connectivity index (χ4v) is 4.14. The summed E-state index contributed by atoms with van der Waals surface area (Å²) in [5.74, 6) is -0.236. The molecule has 1 fully saturated rings. The number of H-pyrrole nitrogens is 1. The molecule has 9 heteroatoms. The first kappa shape index (κ1) is 18.9. The van der Waals surface area contributed by atoms with E-state index in [0.29, 0.717) is 28.2 Å². The van der Waals surface area contributed by atoms with E-state index < -0.39 is 12.6 Å². The third-order valence-corrected chi connectivity index (χ3v) is 5.34. The Morgan fingerprint density at radius 1 is 1.35 bits per heavy atom. The Balaban J connectivity index is 1.95. The van der Waals surface area contributed by atoms with Crippen molar-refractivity contribution in [1.82, 2.24) is 15.3 Å². The van der Waals surface area contributed by atoms with Crippen LogP contribution in [0, 0.1) is 6.92 Å². The van der Waals surface area contributed by atoms with Gasteiger partial charge in [0, 0.05) is 49.2 Å². The van der Waals surface area contributed by atoms with Crippen molar-refractivity contribution in [2.24, 2.45) is 0 Å². The van der Waals surface area contributed by atoms with Crippen LogP contribution in [0.1, 0.15) is 35.0 Å². The van der Waals surface area contributed by atoms with E-state index in [1.54, 1.807) is 6.92 Å². The number of ketones is 1. The van der Waals surface area contributed by atoms with Gasteiger partial charge in [-0.05, 0) is 25.8 Å². The summed E-state index contributed by atoms with van der Waals surface area (Å²) < 4.78 is 38.2. The second kappa shape index (κ2) is 7.40. The number of aromatic amines is 1. The van der Waals surface area contributed by atoms with Crippen molar-refractivity contribution >= 4 is 22.3 Å². The number of thiazole rings is 1. The highest BCUT2D eigenvalue weighted by Gasteiger charge is 2.30. The summed E-state index contributed by atoms with van der Waals surface area (Å²) in [5.41, 5.74) is 2.46. The van der Waals surface area contributed by atoms with Crippen LogP contribution in [0.4, 0.5) is 18.3 Å². The lowest BCUT2D eigenvalue weighted by Gasteiger charge is -2.26. The molecule has 0 bridgehead atoms. The highest BCUT2D eigenvalue weighted by atomic mass is 32.1. The number of aromatic nitrogens is 2. The molecule has 1 aliphatic heterocycles. The normalized spacial score (nSPS) is 15.5. The first-order chi connectivity index (χ1) is 12.3. The van der Waals surface area contributed by atoms with Crippen LogP contribution >= 0.6 is 11.3 Å². The molecule has 142 valence electrons. The molecule has 3 heterocycles. The van der Waals surface area contributed by atoms with Crippen LogP contribution in [-0.2, 0) is 6.42 Å². The molecule has 2 aromatic heterocycles. The number of rotatable bonds is 5. The van der Waals surface area contributed by atoms with Crippen LogP contribution in [-0.4, -0.2) is 48.1 Å². The minimum atomic E-state index is -4.27. The fourth-order valence-electron chi connectivity index (χ4n) is 3.27. The predicted molar refractivity (Wildman–Crippen MR) is 96.1 cm³/mol. The number of nitrogens with zero attached hydrogens (tertiary/aromatic N) is 2. The summed E-state index contributed by atoms with van der Waals surface area (Å²) in [6, 6.07) is 0. The number of hydrogen-bond donors (Lipinski definition) is 2. The molecule has 0 atom stereocenters.